The van der Waals surface area contributed by atoms with Crippen molar-refractivity contribution in [1.29, 1.82) is 0 Å². The summed E-state index contributed by atoms with van der Waals surface area (Å²) in [5.41, 5.74) is 0.176. The molecule has 0 saturated carbocycles. The van der Waals surface area contributed by atoms with Gasteiger partial charge in [0.25, 0.3) is 0 Å². The van der Waals surface area contributed by atoms with Gasteiger partial charge in [0.1, 0.15) is 0 Å². The highest BCUT2D eigenvalue weighted by atomic mass is 16.4. The summed E-state index contributed by atoms with van der Waals surface area (Å²) in [6.45, 7) is 8.76. The van der Waals surface area contributed by atoms with Crippen LogP contribution in [0, 0.1) is 0 Å². The molecule has 1 amide bonds. The summed E-state index contributed by atoms with van der Waals surface area (Å²) in [6, 6.07) is 0. The number of rotatable bonds is 5. The Balaban J connectivity index is 0. The van der Waals surface area contributed by atoms with Crippen molar-refractivity contribution in [1.82, 2.24) is 4.90 Å². The van der Waals surface area contributed by atoms with Crippen LogP contribution in [0.25, 0.3) is 0 Å². The normalized spacial score (nSPS) is 10.8. The smallest absolute Gasteiger partial charge is 0.407 e. The lowest BCUT2D eigenvalue weighted by molar-refractivity contribution is -0.132. The van der Waals surface area contributed by atoms with E-state index in [-0.39, 0.29) is 12.1 Å². The summed E-state index contributed by atoms with van der Waals surface area (Å²) in [5, 5.41) is 25.4. The third-order valence-electron chi connectivity index (χ3n) is 1.61. The fourth-order valence-electron chi connectivity index (χ4n) is 0.854. The molecule has 0 aliphatic rings. The molecule has 0 bridgehead atoms. The van der Waals surface area contributed by atoms with E-state index in [1.165, 1.54) is 11.8 Å². The van der Waals surface area contributed by atoms with Crippen molar-refractivity contribution >= 4 is 12.1 Å². The van der Waals surface area contributed by atoms with E-state index in [0.717, 1.165) is 6.42 Å². The summed E-state index contributed by atoms with van der Waals surface area (Å²) in [6.07, 6.45) is -0.774. The standard InChI is InChI=1S/C7H15NO3.C4H6O2/c1-3-4-8(7(10)11)5-6(2)9;1-3(2)4(5)6/h6,9H,3-5H2,1-2H3,(H,10,11);1H2,2H3,(H,5,6). The van der Waals surface area contributed by atoms with Gasteiger partial charge in [-0.1, -0.05) is 13.5 Å². The molecule has 0 aliphatic carbocycles. The zero-order chi connectivity index (χ0) is 14.0. The molecule has 0 rings (SSSR count). The van der Waals surface area contributed by atoms with Gasteiger partial charge in [-0.3, -0.25) is 0 Å². The van der Waals surface area contributed by atoms with E-state index < -0.39 is 18.2 Å². The largest absolute Gasteiger partial charge is 0.478 e. The van der Waals surface area contributed by atoms with Gasteiger partial charge in [0.2, 0.25) is 0 Å². The molecule has 0 aromatic heterocycles. The Bertz CT molecular complexity index is 251. The number of aliphatic carboxylic acids is 1. The highest BCUT2D eigenvalue weighted by Crippen LogP contribution is 1.94. The Labute approximate surface area is 101 Å². The van der Waals surface area contributed by atoms with Crippen molar-refractivity contribution in [2.24, 2.45) is 0 Å². The minimum atomic E-state index is -0.965. The maximum Gasteiger partial charge on any atom is 0.407 e. The Hall–Kier alpha value is -1.56. The maximum absolute atomic E-state index is 10.4. The van der Waals surface area contributed by atoms with Crippen LogP contribution in [0.1, 0.15) is 27.2 Å². The molecule has 3 N–H and O–H groups in total. The molecule has 0 aliphatic heterocycles. The molecular weight excluding hydrogens is 226 g/mol. The molecule has 0 aromatic rings. The molecule has 17 heavy (non-hydrogen) atoms. The van der Waals surface area contributed by atoms with Crippen molar-refractivity contribution in [3.63, 3.8) is 0 Å². The molecule has 1 unspecified atom stereocenters. The fourth-order valence-corrected chi connectivity index (χ4v) is 0.854. The number of carboxylic acid groups (broad SMARTS) is 2. The number of hydrogen-bond donors (Lipinski definition) is 3. The van der Waals surface area contributed by atoms with E-state index in [2.05, 4.69) is 6.58 Å². The van der Waals surface area contributed by atoms with E-state index >= 15 is 0 Å². The van der Waals surface area contributed by atoms with Gasteiger partial charge in [-0.15, -0.1) is 0 Å². The summed E-state index contributed by atoms with van der Waals surface area (Å²) < 4.78 is 0. The zero-order valence-corrected chi connectivity index (χ0v) is 10.5. The average Bonchev–Trinajstić information content (AvgIpc) is 2.17. The van der Waals surface area contributed by atoms with Crippen LogP contribution in [-0.4, -0.2) is 51.5 Å². The Morgan fingerprint density at radius 1 is 1.35 bits per heavy atom. The lowest BCUT2D eigenvalue weighted by Crippen LogP contribution is -2.35. The summed E-state index contributed by atoms with van der Waals surface area (Å²) in [4.78, 5) is 21.3. The van der Waals surface area contributed by atoms with E-state index in [0.29, 0.717) is 6.54 Å². The number of carbonyl (C=O) groups is 2. The first-order chi connectivity index (χ1) is 7.72. The number of hydrogen-bond acceptors (Lipinski definition) is 3. The van der Waals surface area contributed by atoms with Crippen LogP contribution in [0.3, 0.4) is 0 Å². The first kappa shape index (κ1) is 17.8. The predicted octanol–water partition coefficient (Wildman–Crippen LogP) is 1.40. The molecule has 0 fully saturated rings. The van der Waals surface area contributed by atoms with Crippen molar-refractivity contribution in [3.05, 3.63) is 12.2 Å². The fraction of sp³-hybridized carbons (Fsp3) is 0.636. The van der Waals surface area contributed by atoms with E-state index in [9.17, 15) is 9.59 Å². The lowest BCUT2D eigenvalue weighted by Gasteiger charge is -2.19. The van der Waals surface area contributed by atoms with Crippen LogP contribution in [-0.2, 0) is 4.79 Å². The van der Waals surface area contributed by atoms with Crippen LogP contribution >= 0.6 is 0 Å². The second-order valence-electron chi connectivity index (χ2n) is 3.66. The molecule has 6 nitrogen and oxygen atoms in total. The van der Waals surface area contributed by atoms with E-state index in [1.807, 2.05) is 6.92 Å². The highest BCUT2D eigenvalue weighted by Gasteiger charge is 2.11. The maximum atomic E-state index is 10.4. The van der Waals surface area contributed by atoms with Crippen LogP contribution < -0.4 is 0 Å². The molecule has 1 atom stereocenters. The Morgan fingerprint density at radius 3 is 1.94 bits per heavy atom. The summed E-state index contributed by atoms with van der Waals surface area (Å²) >= 11 is 0. The molecule has 6 heteroatoms. The molecule has 0 radical (unpaired) electrons. The first-order valence-electron chi connectivity index (χ1n) is 5.27. The average molecular weight is 247 g/mol. The lowest BCUT2D eigenvalue weighted by atomic mass is 10.3. The molecule has 0 saturated heterocycles. The molecule has 0 heterocycles. The van der Waals surface area contributed by atoms with E-state index in [1.54, 1.807) is 6.92 Å². The molecular formula is C11H21NO5. The van der Waals surface area contributed by atoms with Gasteiger partial charge in [-0.25, -0.2) is 9.59 Å². The van der Waals surface area contributed by atoms with Gasteiger partial charge < -0.3 is 20.2 Å². The molecule has 0 aromatic carbocycles. The summed E-state index contributed by atoms with van der Waals surface area (Å²) in [7, 11) is 0. The topological polar surface area (TPSA) is 98.1 Å². The van der Waals surface area contributed by atoms with Gasteiger partial charge >= 0.3 is 12.1 Å². The monoisotopic (exact) mass is 247 g/mol. The van der Waals surface area contributed by atoms with Gasteiger partial charge in [-0.2, -0.15) is 0 Å². The van der Waals surface area contributed by atoms with Crippen molar-refractivity contribution < 1.29 is 24.9 Å². The third kappa shape index (κ3) is 12.4. The van der Waals surface area contributed by atoms with Gasteiger partial charge in [0.05, 0.1) is 6.10 Å². The SMILES string of the molecule is C=C(C)C(=O)O.CCCN(CC(C)O)C(=O)O. The first-order valence-corrected chi connectivity index (χ1v) is 5.27. The minimum Gasteiger partial charge on any atom is -0.478 e. The Kier molecular flexibility index (Phi) is 10.1. The second-order valence-corrected chi connectivity index (χ2v) is 3.66. The number of nitrogens with zero attached hydrogens (tertiary/aromatic N) is 1. The van der Waals surface area contributed by atoms with Gasteiger partial charge in [0, 0.05) is 18.7 Å². The van der Waals surface area contributed by atoms with Gasteiger partial charge in [0.15, 0.2) is 0 Å². The number of aliphatic hydroxyl groups excluding tert-OH is 1. The van der Waals surface area contributed by atoms with Crippen LogP contribution in [0.5, 0.6) is 0 Å². The number of carboxylic acids is 1. The van der Waals surface area contributed by atoms with Crippen LogP contribution in [0.2, 0.25) is 0 Å². The predicted molar refractivity (Wildman–Crippen MR) is 64.0 cm³/mol. The van der Waals surface area contributed by atoms with Crippen LogP contribution in [0.4, 0.5) is 4.79 Å². The molecule has 0 spiro atoms. The second kappa shape index (κ2) is 9.65. The number of aliphatic hydroxyl groups is 1. The molecule has 100 valence electrons. The number of amides is 1. The van der Waals surface area contributed by atoms with Crippen molar-refractivity contribution in [2.45, 2.75) is 33.3 Å². The highest BCUT2D eigenvalue weighted by molar-refractivity contribution is 5.84. The van der Waals surface area contributed by atoms with Crippen LogP contribution in [0.15, 0.2) is 12.2 Å². The van der Waals surface area contributed by atoms with Crippen molar-refractivity contribution in [2.75, 3.05) is 13.1 Å². The van der Waals surface area contributed by atoms with Crippen molar-refractivity contribution in [3.8, 4) is 0 Å². The van der Waals surface area contributed by atoms with E-state index in [4.69, 9.17) is 15.3 Å². The van der Waals surface area contributed by atoms with Gasteiger partial charge in [-0.05, 0) is 20.3 Å². The summed E-state index contributed by atoms with van der Waals surface area (Å²) in [5.74, 6) is -0.935. The zero-order valence-electron chi connectivity index (χ0n) is 10.5. The Morgan fingerprint density at radius 2 is 1.76 bits per heavy atom. The quantitative estimate of drug-likeness (QED) is 0.638. The third-order valence-corrected chi connectivity index (χ3v) is 1.61. The minimum absolute atomic E-state index is 0.176.